The van der Waals surface area contributed by atoms with E-state index in [2.05, 4.69) is 0 Å². The topological polar surface area (TPSA) is 86.3 Å². The highest BCUT2D eigenvalue weighted by atomic mass is 19.4. The Morgan fingerprint density at radius 1 is 1.11 bits per heavy atom. The molecule has 0 saturated heterocycles. The number of hydrogen-bond donors (Lipinski definition) is 0. The van der Waals surface area contributed by atoms with Gasteiger partial charge in [-0.3, -0.25) is 20.2 Å². The minimum Gasteiger partial charge on any atom is -0.264 e. The number of nitro groups is 2. The van der Waals surface area contributed by atoms with Crippen LogP contribution < -0.4 is 0 Å². The summed E-state index contributed by atoms with van der Waals surface area (Å²) in [5, 5.41) is 21.4. The molecule has 2 rings (SSSR count). The third-order valence-electron chi connectivity index (χ3n) is 3.10. The van der Waals surface area contributed by atoms with Crippen LogP contribution in [0.4, 0.5) is 18.9 Å². The van der Waals surface area contributed by atoms with E-state index < -0.39 is 39.6 Å². The summed E-state index contributed by atoms with van der Waals surface area (Å²) < 4.78 is 37.9. The first-order valence-electron chi connectivity index (χ1n) is 5.18. The van der Waals surface area contributed by atoms with E-state index in [4.69, 9.17) is 0 Å². The fourth-order valence-electron chi connectivity index (χ4n) is 2.27. The summed E-state index contributed by atoms with van der Waals surface area (Å²) in [4.78, 5) is 19.5. The van der Waals surface area contributed by atoms with Crippen molar-refractivity contribution in [3.63, 3.8) is 0 Å². The average Bonchev–Trinajstić information content (AvgIpc) is 3.03. The Kier molecular flexibility index (Phi) is 2.91. The van der Waals surface area contributed by atoms with Gasteiger partial charge in [-0.05, 0) is 0 Å². The maximum absolute atomic E-state index is 12.6. The van der Waals surface area contributed by atoms with E-state index in [9.17, 15) is 33.4 Å². The van der Waals surface area contributed by atoms with Gasteiger partial charge >= 0.3 is 6.18 Å². The van der Waals surface area contributed by atoms with E-state index in [1.54, 1.807) is 0 Å². The maximum atomic E-state index is 12.6. The number of halogens is 3. The maximum Gasteiger partial charge on any atom is 0.399 e. The van der Waals surface area contributed by atoms with Gasteiger partial charge in [0, 0.05) is 16.6 Å². The zero-order valence-electron chi connectivity index (χ0n) is 9.20. The molecule has 0 unspecified atom stereocenters. The van der Waals surface area contributed by atoms with Crippen molar-refractivity contribution in [1.82, 2.24) is 0 Å². The summed E-state index contributed by atoms with van der Waals surface area (Å²) in [5.74, 6) is -3.65. The first-order chi connectivity index (χ1) is 8.75. The van der Waals surface area contributed by atoms with Crippen LogP contribution in [0.2, 0.25) is 0 Å². The van der Waals surface area contributed by atoms with E-state index in [0.717, 1.165) is 12.1 Å². The summed E-state index contributed by atoms with van der Waals surface area (Å²) in [6.07, 6.45) is -4.74. The molecule has 19 heavy (non-hydrogen) atoms. The largest absolute Gasteiger partial charge is 0.399 e. The second kappa shape index (κ2) is 4.18. The zero-order chi connectivity index (χ0) is 14.4. The van der Waals surface area contributed by atoms with Crippen LogP contribution in [-0.4, -0.2) is 22.1 Å². The smallest absolute Gasteiger partial charge is 0.264 e. The molecule has 0 bridgehead atoms. The van der Waals surface area contributed by atoms with Crippen LogP contribution in [0.5, 0.6) is 0 Å². The lowest BCUT2D eigenvalue weighted by Crippen LogP contribution is -2.17. The SMILES string of the molecule is O=[N+]([O-])c1ccccc1[C@H]1[C@H]([N+](=O)[O-])[C@H]1C(F)(F)F. The summed E-state index contributed by atoms with van der Waals surface area (Å²) in [5.41, 5.74) is -0.761. The molecule has 1 aromatic rings. The lowest BCUT2D eigenvalue weighted by molar-refractivity contribution is -0.503. The number of nitrogens with zero attached hydrogens (tertiary/aromatic N) is 2. The molecule has 0 aromatic heterocycles. The Hall–Kier alpha value is -2.19. The highest BCUT2D eigenvalue weighted by Gasteiger charge is 2.73. The van der Waals surface area contributed by atoms with Gasteiger partial charge in [-0.1, -0.05) is 18.2 Å². The van der Waals surface area contributed by atoms with Gasteiger partial charge in [-0.25, -0.2) is 0 Å². The van der Waals surface area contributed by atoms with Crippen LogP contribution in [-0.2, 0) is 0 Å². The van der Waals surface area contributed by atoms with Gasteiger partial charge < -0.3 is 0 Å². The second-order valence-corrected chi connectivity index (χ2v) is 4.19. The van der Waals surface area contributed by atoms with Gasteiger partial charge in [0.05, 0.1) is 10.8 Å². The second-order valence-electron chi connectivity index (χ2n) is 4.19. The molecule has 1 aliphatic rings. The van der Waals surface area contributed by atoms with Gasteiger partial charge in [-0.2, -0.15) is 13.2 Å². The summed E-state index contributed by atoms with van der Waals surface area (Å²) in [7, 11) is 0. The van der Waals surface area contributed by atoms with Crippen molar-refractivity contribution in [2.45, 2.75) is 18.1 Å². The number of para-hydroxylation sites is 1. The predicted molar refractivity (Wildman–Crippen MR) is 56.2 cm³/mol. The number of nitro benzene ring substituents is 1. The molecular formula is C10H7F3N2O4. The predicted octanol–water partition coefficient (Wildman–Crippen LogP) is 2.52. The lowest BCUT2D eigenvalue weighted by Gasteiger charge is -2.03. The molecule has 1 saturated carbocycles. The van der Waals surface area contributed by atoms with Crippen LogP contribution in [0.3, 0.4) is 0 Å². The first-order valence-corrected chi connectivity index (χ1v) is 5.18. The molecule has 0 N–H and O–H groups in total. The van der Waals surface area contributed by atoms with Gasteiger partial charge in [0.1, 0.15) is 5.92 Å². The van der Waals surface area contributed by atoms with Gasteiger partial charge in [0.15, 0.2) is 0 Å². The molecule has 6 nitrogen and oxygen atoms in total. The van der Waals surface area contributed by atoms with Crippen LogP contribution in [0, 0.1) is 26.1 Å². The summed E-state index contributed by atoms with van der Waals surface area (Å²) >= 11 is 0. The Morgan fingerprint density at radius 2 is 1.68 bits per heavy atom. The monoisotopic (exact) mass is 276 g/mol. The lowest BCUT2D eigenvalue weighted by atomic mass is 10.1. The van der Waals surface area contributed by atoms with Crippen molar-refractivity contribution in [1.29, 1.82) is 0 Å². The minimum absolute atomic E-state index is 0.239. The van der Waals surface area contributed by atoms with Crippen molar-refractivity contribution < 1.29 is 23.0 Å². The minimum atomic E-state index is -4.74. The molecular weight excluding hydrogens is 269 g/mol. The van der Waals surface area contributed by atoms with Gasteiger partial charge in [0.25, 0.3) is 5.69 Å². The van der Waals surface area contributed by atoms with Crippen molar-refractivity contribution in [2.24, 2.45) is 5.92 Å². The van der Waals surface area contributed by atoms with Gasteiger partial charge in [-0.15, -0.1) is 0 Å². The molecule has 0 aliphatic heterocycles. The third-order valence-corrected chi connectivity index (χ3v) is 3.10. The van der Waals surface area contributed by atoms with Crippen LogP contribution in [0.1, 0.15) is 11.5 Å². The molecule has 1 fully saturated rings. The van der Waals surface area contributed by atoms with Crippen LogP contribution in [0.15, 0.2) is 24.3 Å². The molecule has 0 spiro atoms. The fourth-order valence-corrected chi connectivity index (χ4v) is 2.27. The highest BCUT2D eigenvalue weighted by molar-refractivity contribution is 5.47. The molecule has 1 aromatic carbocycles. The van der Waals surface area contributed by atoms with Crippen molar-refractivity contribution >= 4 is 5.69 Å². The van der Waals surface area contributed by atoms with E-state index in [1.165, 1.54) is 12.1 Å². The quantitative estimate of drug-likeness (QED) is 0.627. The summed E-state index contributed by atoms with van der Waals surface area (Å²) in [6.45, 7) is 0. The van der Waals surface area contributed by atoms with Gasteiger partial charge in [0.2, 0.25) is 6.04 Å². The molecule has 9 heteroatoms. The molecule has 0 amide bonds. The van der Waals surface area contributed by atoms with Crippen molar-refractivity contribution in [3.05, 3.63) is 50.1 Å². The normalized spacial score (nSPS) is 25.9. The molecule has 3 atom stereocenters. The number of alkyl halides is 3. The van der Waals surface area contributed by atoms with E-state index >= 15 is 0 Å². The zero-order valence-corrected chi connectivity index (χ0v) is 9.20. The fraction of sp³-hybridized carbons (Fsp3) is 0.400. The molecule has 102 valence electrons. The number of benzene rings is 1. The Bertz CT molecular complexity index is 546. The third kappa shape index (κ3) is 2.23. The Labute approximate surface area is 104 Å². The van der Waals surface area contributed by atoms with Crippen molar-refractivity contribution in [2.75, 3.05) is 0 Å². The molecule has 0 radical (unpaired) electrons. The van der Waals surface area contributed by atoms with E-state index in [1.807, 2.05) is 0 Å². The van der Waals surface area contributed by atoms with E-state index in [0.29, 0.717) is 0 Å². The first kappa shape index (κ1) is 13.2. The molecule has 0 heterocycles. The highest BCUT2D eigenvalue weighted by Crippen LogP contribution is 2.59. The van der Waals surface area contributed by atoms with Crippen molar-refractivity contribution in [3.8, 4) is 0 Å². The molecule has 1 aliphatic carbocycles. The van der Waals surface area contributed by atoms with Crippen LogP contribution >= 0.6 is 0 Å². The van der Waals surface area contributed by atoms with Crippen LogP contribution in [0.25, 0.3) is 0 Å². The summed E-state index contributed by atoms with van der Waals surface area (Å²) in [6, 6.07) is 2.95. The number of hydrogen-bond acceptors (Lipinski definition) is 4. The number of rotatable bonds is 3. The Morgan fingerprint density at radius 3 is 2.11 bits per heavy atom. The average molecular weight is 276 g/mol. The Balaban J connectivity index is 2.43. The van der Waals surface area contributed by atoms with E-state index in [-0.39, 0.29) is 5.56 Å². The standard InChI is InChI=1S/C10H7F3N2O4/c11-10(12,13)8-7(9(8)15(18)19)5-3-1-2-4-6(5)14(16)17/h1-4,7-9H/t7-,8+,9+/m1/s1.